The highest BCUT2D eigenvalue weighted by Crippen LogP contribution is 2.41. The average Bonchev–Trinajstić information content (AvgIpc) is 2.47. The molecule has 0 amide bonds. The van der Waals surface area contributed by atoms with Crippen LogP contribution in [-0.2, 0) is 4.74 Å². The van der Waals surface area contributed by atoms with Gasteiger partial charge < -0.3 is 10.5 Å². The first-order valence-electron chi connectivity index (χ1n) is 8.55. The zero-order valence-corrected chi connectivity index (χ0v) is 13.9. The highest BCUT2D eigenvalue weighted by Gasteiger charge is 2.35. The predicted octanol–water partition coefficient (Wildman–Crippen LogP) is 3.03. The normalized spacial score (nSPS) is 35.0. The maximum Gasteiger partial charge on any atom is 0.0850 e. The molecule has 2 atom stereocenters. The van der Waals surface area contributed by atoms with Crippen molar-refractivity contribution in [1.82, 2.24) is 4.90 Å². The molecule has 0 aromatic carbocycles. The van der Waals surface area contributed by atoms with Crippen molar-refractivity contribution in [2.24, 2.45) is 17.1 Å². The van der Waals surface area contributed by atoms with Crippen LogP contribution in [0.3, 0.4) is 0 Å². The lowest BCUT2D eigenvalue weighted by atomic mass is 9.68. The Balaban J connectivity index is 1.84. The molecule has 2 unspecified atom stereocenters. The molecule has 2 N–H and O–H groups in total. The lowest BCUT2D eigenvalue weighted by Crippen LogP contribution is -2.53. The molecule has 2 aliphatic rings. The summed E-state index contributed by atoms with van der Waals surface area (Å²) in [6.07, 6.45) is 7.04. The number of nitrogens with zero attached hydrogens (tertiary/aromatic N) is 1. The topological polar surface area (TPSA) is 38.5 Å². The van der Waals surface area contributed by atoms with E-state index >= 15 is 0 Å². The molecule has 1 saturated heterocycles. The molecule has 118 valence electrons. The second kappa shape index (κ2) is 6.76. The molecular weight excluding hydrogens is 248 g/mol. The van der Waals surface area contributed by atoms with Gasteiger partial charge in [-0.3, -0.25) is 4.90 Å². The summed E-state index contributed by atoms with van der Waals surface area (Å²) >= 11 is 0. The first kappa shape index (κ1) is 16.3. The molecule has 1 heterocycles. The molecule has 1 aliphatic carbocycles. The van der Waals surface area contributed by atoms with Crippen LogP contribution >= 0.6 is 0 Å². The summed E-state index contributed by atoms with van der Waals surface area (Å²) in [5, 5.41) is 0. The third-order valence-electron chi connectivity index (χ3n) is 5.94. The molecule has 0 aromatic rings. The number of ether oxygens (including phenoxy) is 1. The van der Waals surface area contributed by atoms with Crippen LogP contribution in [-0.4, -0.2) is 42.8 Å². The van der Waals surface area contributed by atoms with Crippen molar-refractivity contribution in [2.45, 2.75) is 78.0 Å². The Morgan fingerprint density at radius 3 is 2.45 bits per heavy atom. The van der Waals surface area contributed by atoms with Gasteiger partial charge in [-0.25, -0.2) is 0 Å². The molecule has 2 rings (SSSR count). The maximum absolute atomic E-state index is 6.00. The van der Waals surface area contributed by atoms with Crippen LogP contribution in [0.1, 0.15) is 59.8 Å². The Morgan fingerprint density at radius 1 is 1.25 bits per heavy atom. The Bertz CT molecular complexity index is 295. The van der Waals surface area contributed by atoms with Gasteiger partial charge in [0.25, 0.3) is 0 Å². The van der Waals surface area contributed by atoms with Gasteiger partial charge in [0, 0.05) is 25.2 Å². The number of morpholine rings is 1. The SMILES string of the molecule is CCC(C)(C)C1CCC(N2CCOC(C(C)N)C2)CC1. The summed E-state index contributed by atoms with van der Waals surface area (Å²) < 4.78 is 5.79. The number of hydrogen-bond acceptors (Lipinski definition) is 3. The van der Waals surface area contributed by atoms with E-state index in [1.165, 1.54) is 32.1 Å². The molecule has 1 aliphatic heterocycles. The minimum absolute atomic E-state index is 0.146. The van der Waals surface area contributed by atoms with Crippen molar-refractivity contribution in [1.29, 1.82) is 0 Å². The van der Waals surface area contributed by atoms with Crippen molar-refractivity contribution in [3.63, 3.8) is 0 Å². The van der Waals surface area contributed by atoms with E-state index < -0.39 is 0 Å². The lowest BCUT2D eigenvalue weighted by molar-refractivity contribution is -0.0603. The number of hydrogen-bond donors (Lipinski definition) is 1. The van der Waals surface area contributed by atoms with Crippen molar-refractivity contribution in [2.75, 3.05) is 19.7 Å². The zero-order chi connectivity index (χ0) is 14.8. The fourth-order valence-electron chi connectivity index (χ4n) is 3.86. The van der Waals surface area contributed by atoms with Gasteiger partial charge >= 0.3 is 0 Å². The van der Waals surface area contributed by atoms with E-state index in [4.69, 9.17) is 10.5 Å². The summed E-state index contributed by atoms with van der Waals surface area (Å²) in [5.41, 5.74) is 6.52. The Labute approximate surface area is 125 Å². The summed E-state index contributed by atoms with van der Waals surface area (Å²) in [4.78, 5) is 2.65. The van der Waals surface area contributed by atoms with E-state index in [0.717, 1.165) is 31.7 Å². The van der Waals surface area contributed by atoms with Gasteiger partial charge in [-0.15, -0.1) is 0 Å². The molecule has 20 heavy (non-hydrogen) atoms. The third kappa shape index (κ3) is 3.75. The summed E-state index contributed by atoms with van der Waals surface area (Å²) in [6, 6.07) is 0.914. The summed E-state index contributed by atoms with van der Waals surface area (Å²) in [5.74, 6) is 0.911. The molecule has 0 bridgehead atoms. The van der Waals surface area contributed by atoms with E-state index in [0.29, 0.717) is 5.41 Å². The number of rotatable bonds is 4. The standard InChI is InChI=1S/C17H34N2O/c1-5-17(3,4)14-6-8-15(9-7-14)19-10-11-20-16(12-19)13(2)18/h13-16H,5-12,18H2,1-4H3. The molecule has 0 radical (unpaired) electrons. The largest absolute Gasteiger partial charge is 0.374 e. The second-order valence-corrected chi connectivity index (χ2v) is 7.61. The van der Waals surface area contributed by atoms with Crippen molar-refractivity contribution in [3.05, 3.63) is 0 Å². The minimum Gasteiger partial charge on any atom is -0.374 e. The van der Waals surface area contributed by atoms with Crippen molar-refractivity contribution < 1.29 is 4.74 Å². The van der Waals surface area contributed by atoms with Crippen molar-refractivity contribution >= 4 is 0 Å². The first-order valence-corrected chi connectivity index (χ1v) is 8.55. The van der Waals surface area contributed by atoms with Gasteiger partial charge in [-0.05, 0) is 43.9 Å². The van der Waals surface area contributed by atoms with Crippen LogP contribution in [0.4, 0.5) is 0 Å². The van der Waals surface area contributed by atoms with Gasteiger partial charge in [0.15, 0.2) is 0 Å². The number of nitrogens with two attached hydrogens (primary N) is 1. The molecule has 2 fully saturated rings. The average molecular weight is 282 g/mol. The first-order chi connectivity index (χ1) is 9.44. The minimum atomic E-state index is 0.146. The van der Waals surface area contributed by atoms with Gasteiger partial charge in [-0.1, -0.05) is 27.2 Å². The van der Waals surface area contributed by atoms with E-state index in [-0.39, 0.29) is 12.1 Å². The molecule has 3 nitrogen and oxygen atoms in total. The van der Waals surface area contributed by atoms with Crippen LogP contribution in [0, 0.1) is 11.3 Å². The van der Waals surface area contributed by atoms with Crippen LogP contribution < -0.4 is 5.73 Å². The monoisotopic (exact) mass is 282 g/mol. The van der Waals surface area contributed by atoms with Gasteiger partial charge in [-0.2, -0.15) is 0 Å². The Hall–Kier alpha value is -0.120. The van der Waals surface area contributed by atoms with Crippen LogP contribution in [0.2, 0.25) is 0 Å². The third-order valence-corrected chi connectivity index (χ3v) is 5.94. The quantitative estimate of drug-likeness (QED) is 0.861. The van der Waals surface area contributed by atoms with Gasteiger partial charge in [0.1, 0.15) is 0 Å². The lowest BCUT2D eigenvalue weighted by Gasteiger charge is -2.45. The van der Waals surface area contributed by atoms with E-state index in [2.05, 4.69) is 32.6 Å². The second-order valence-electron chi connectivity index (χ2n) is 7.61. The van der Waals surface area contributed by atoms with Crippen LogP contribution in [0.15, 0.2) is 0 Å². The highest BCUT2D eigenvalue weighted by molar-refractivity contribution is 4.88. The molecular formula is C17H34N2O. The van der Waals surface area contributed by atoms with Gasteiger partial charge in [0.2, 0.25) is 0 Å². The predicted molar refractivity (Wildman–Crippen MR) is 84.8 cm³/mol. The molecule has 0 aromatic heterocycles. The Morgan fingerprint density at radius 2 is 1.90 bits per heavy atom. The van der Waals surface area contributed by atoms with Gasteiger partial charge in [0.05, 0.1) is 12.7 Å². The fraction of sp³-hybridized carbons (Fsp3) is 1.00. The van der Waals surface area contributed by atoms with E-state index in [1.807, 2.05) is 0 Å². The van der Waals surface area contributed by atoms with Crippen LogP contribution in [0.25, 0.3) is 0 Å². The van der Waals surface area contributed by atoms with E-state index in [9.17, 15) is 0 Å². The van der Waals surface area contributed by atoms with Crippen molar-refractivity contribution in [3.8, 4) is 0 Å². The maximum atomic E-state index is 6.00. The summed E-state index contributed by atoms with van der Waals surface area (Å²) in [7, 11) is 0. The van der Waals surface area contributed by atoms with Crippen LogP contribution in [0.5, 0.6) is 0 Å². The fourth-order valence-corrected chi connectivity index (χ4v) is 3.86. The zero-order valence-electron chi connectivity index (χ0n) is 13.9. The summed E-state index contributed by atoms with van der Waals surface area (Å²) in [6.45, 7) is 12.3. The molecule has 0 spiro atoms. The smallest absolute Gasteiger partial charge is 0.0850 e. The highest BCUT2D eigenvalue weighted by atomic mass is 16.5. The molecule has 3 heteroatoms. The molecule has 1 saturated carbocycles. The Kier molecular flexibility index (Phi) is 5.49. The van der Waals surface area contributed by atoms with E-state index in [1.54, 1.807) is 0 Å².